The Kier molecular flexibility index (Phi) is 8.44. The van der Waals surface area contributed by atoms with E-state index in [9.17, 15) is 4.57 Å². The summed E-state index contributed by atoms with van der Waals surface area (Å²) in [7, 11) is -0.733. The second-order valence-electron chi connectivity index (χ2n) is 3.97. The minimum absolute atomic E-state index is 0.298. The van der Waals surface area contributed by atoms with Gasteiger partial charge in [-0.1, -0.05) is 23.8 Å². The third-order valence-electron chi connectivity index (χ3n) is 2.20. The third-order valence-corrected chi connectivity index (χ3v) is 3.60. The standard InChI is InChI=1S/C12H23O4P/c1-11(2)7-6-8-12(3)9-10-16-17(13,14-4)15-5/h7H,3,6,8-10H2,1-2,4-5H3. The van der Waals surface area contributed by atoms with Gasteiger partial charge in [0.1, 0.15) is 0 Å². The van der Waals surface area contributed by atoms with Crippen LogP contribution in [0, 0.1) is 0 Å². The molecule has 0 radical (unpaired) electrons. The Labute approximate surface area is 104 Å². The van der Waals surface area contributed by atoms with Crippen LogP contribution in [0.4, 0.5) is 0 Å². The summed E-state index contributed by atoms with van der Waals surface area (Å²) in [6.07, 6.45) is 4.72. The predicted octanol–water partition coefficient (Wildman–Crippen LogP) is 4.10. The predicted molar refractivity (Wildman–Crippen MR) is 70.0 cm³/mol. The maximum absolute atomic E-state index is 11.5. The van der Waals surface area contributed by atoms with E-state index in [0.29, 0.717) is 13.0 Å². The van der Waals surface area contributed by atoms with Gasteiger partial charge in [-0.25, -0.2) is 4.57 Å². The average molecular weight is 262 g/mol. The molecule has 0 atom stereocenters. The Morgan fingerprint density at radius 1 is 1.24 bits per heavy atom. The SMILES string of the molecule is C=C(CCC=C(C)C)CCOP(=O)(OC)OC. The smallest absolute Gasteiger partial charge is 0.290 e. The van der Waals surface area contributed by atoms with Crippen molar-refractivity contribution in [2.75, 3.05) is 20.8 Å². The number of phosphoric acid groups is 1. The van der Waals surface area contributed by atoms with Crippen molar-refractivity contribution in [2.45, 2.75) is 33.1 Å². The molecule has 0 saturated heterocycles. The summed E-state index contributed by atoms with van der Waals surface area (Å²) in [5.41, 5.74) is 2.37. The van der Waals surface area contributed by atoms with Crippen LogP contribution in [0.5, 0.6) is 0 Å². The van der Waals surface area contributed by atoms with Crippen LogP contribution < -0.4 is 0 Å². The van der Waals surface area contributed by atoms with Crippen LogP contribution >= 0.6 is 7.82 Å². The molecule has 5 heteroatoms. The van der Waals surface area contributed by atoms with Gasteiger partial charge in [0.15, 0.2) is 0 Å². The van der Waals surface area contributed by atoms with Crippen LogP contribution in [0.2, 0.25) is 0 Å². The van der Waals surface area contributed by atoms with E-state index in [1.54, 1.807) is 0 Å². The zero-order valence-electron chi connectivity index (χ0n) is 11.2. The van der Waals surface area contributed by atoms with Gasteiger partial charge in [0.05, 0.1) is 6.61 Å². The molecule has 0 amide bonds. The maximum Gasteiger partial charge on any atom is 0.474 e. The van der Waals surface area contributed by atoms with Crippen molar-refractivity contribution < 1.29 is 18.1 Å². The highest BCUT2D eigenvalue weighted by Crippen LogP contribution is 2.47. The van der Waals surface area contributed by atoms with Crippen molar-refractivity contribution >= 4 is 7.82 Å². The molecular weight excluding hydrogens is 239 g/mol. The van der Waals surface area contributed by atoms with E-state index in [0.717, 1.165) is 18.4 Å². The van der Waals surface area contributed by atoms with E-state index in [2.05, 4.69) is 35.5 Å². The molecule has 0 fully saturated rings. The molecule has 4 nitrogen and oxygen atoms in total. The Balaban J connectivity index is 3.79. The lowest BCUT2D eigenvalue weighted by molar-refractivity contribution is 0.153. The Morgan fingerprint density at radius 2 is 1.82 bits per heavy atom. The Morgan fingerprint density at radius 3 is 2.29 bits per heavy atom. The fraction of sp³-hybridized carbons (Fsp3) is 0.667. The van der Waals surface area contributed by atoms with Gasteiger partial charge in [-0.15, -0.1) is 0 Å². The van der Waals surface area contributed by atoms with Gasteiger partial charge in [-0.3, -0.25) is 13.6 Å². The van der Waals surface area contributed by atoms with Crippen molar-refractivity contribution in [3.8, 4) is 0 Å². The van der Waals surface area contributed by atoms with Crippen molar-refractivity contribution in [1.82, 2.24) is 0 Å². The van der Waals surface area contributed by atoms with E-state index >= 15 is 0 Å². The molecular formula is C12H23O4P. The Hall–Kier alpha value is -0.410. The number of allylic oxidation sites excluding steroid dienone is 2. The summed E-state index contributed by atoms with van der Waals surface area (Å²) in [6, 6.07) is 0. The highest BCUT2D eigenvalue weighted by Gasteiger charge is 2.21. The van der Waals surface area contributed by atoms with Gasteiger partial charge in [-0.05, 0) is 33.1 Å². The molecule has 0 aromatic rings. The molecule has 0 aliphatic carbocycles. The summed E-state index contributed by atoms with van der Waals surface area (Å²) < 4.78 is 25.9. The first kappa shape index (κ1) is 16.6. The van der Waals surface area contributed by atoms with Crippen LogP contribution in [0.15, 0.2) is 23.8 Å². The van der Waals surface area contributed by atoms with Gasteiger partial charge in [0, 0.05) is 14.2 Å². The van der Waals surface area contributed by atoms with Gasteiger partial charge in [0.2, 0.25) is 0 Å². The maximum atomic E-state index is 11.5. The minimum atomic E-state index is -3.33. The fourth-order valence-corrected chi connectivity index (χ4v) is 1.85. The highest BCUT2D eigenvalue weighted by atomic mass is 31.2. The highest BCUT2D eigenvalue weighted by molar-refractivity contribution is 7.48. The summed E-state index contributed by atoms with van der Waals surface area (Å²) in [4.78, 5) is 0. The van der Waals surface area contributed by atoms with Crippen molar-refractivity contribution in [3.05, 3.63) is 23.8 Å². The molecule has 0 bridgehead atoms. The van der Waals surface area contributed by atoms with E-state index < -0.39 is 7.82 Å². The summed E-state index contributed by atoms with van der Waals surface area (Å²) in [5.74, 6) is 0. The van der Waals surface area contributed by atoms with Gasteiger partial charge >= 0.3 is 7.82 Å². The minimum Gasteiger partial charge on any atom is -0.290 e. The summed E-state index contributed by atoms with van der Waals surface area (Å²) >= 11 is 0. The van der Waals surface area contributed by atoms with Gasteiger partial charge in [0.25, 0.3) is 0 Å². The Bertz CT molecular complexity index is 298. The second-order valence-corrected chi connectivity index (χ2v) is 5.85. The van der Waals surface area contributed by atoms with Crippen LogP contribution in [0.1, 0.15) is 33.1 Å². The van der Waals surface area contributed by atoms with E-state index in [-0.39, 0.29) is 0 Å². The lowest BCUT2D eigenvalue weighted by Gasteiger charge is -2.13. The molecule has 0 heterocycles. The normalized spacial score (nSPS) is 11.3. The van der Waals surface area contributed by atoms with Crippen molar-refractivity contribution in [1.29, 1.82) is 0 Å². The molecule has 0 aliphatic rings. The zero-order valence-corrected chi connectivity index (χ0v) is 12.1. The number of hydrogen-bond donors (Lipinski definition) is 0. The van der Waals surface area contributed by atoms with Crippen molar-refractivity contribution in [3.63, 3.8) is 0 Å². The van der Waals surface area contributed by atoms with E-state index in [1.165, 1.54) is 19.8 Å². The quantitative estimate of drug-likeness (QED) is 0.463. The number of hydrogen-bond acceptors (Lipinski definition) is 4. The largest absolute Gasteiger partial charge is 0.474 e. The molecule has 0 aromatic heterocycles. The van der Waals surface area contributed by atoms with E-state index in [1.807, 2.05) is 0 Å². The van der Waals surface area contributed by atoms with Crippen LogP contribution in [-0.4, -0.2) is 20.8 Å². The molecule has 0 spiro atoms. The molecule has 100 valence electrons. The van der Waals surface area contributed by atoms with Crippen molar-refractivity contribution in [2.24, 2.45) is 0 Å². The number of phosphoric ester groups is 1. The topological polar surface area (TPSA) is 44.8 Å². The van der Waals surface area contributed by atoms with Crippen LogP contribution in [0.3, 0.4) is 0 Å². The molecule has 0 saturated carbocycles. The van der Waals surface area contributed by atoms with Gasteiger partial charge in [-0.2, -0.15) is 0 Å². The first-order valence-corrected chi connectivity index (χ1v) is 7.05. The summed E-state index contributed by atoms with van der Waals surface area (Å²) in [6.45, 7) is 8.38. The first-order chi connectivity index (χ1) is 7.93. The first-order valence-electron chi connectivity index (χ1n) is 5.59. The number of rotatable bonds is 9. The molecule has 17 heavy (non-hydrogen) atoms. The molecule has 0 N–H and O–H groups in total. The van der Waals surface area contributed by atoms with Gasteiger partial charge < -0.3 is 0 Å². The average Bonchev–Trinajstić information content (AvgIpc) is 2.28. The summed E-state index contributed by atoms with van der Waals surface area (Å²) in [5, 5.41) is 0. The second kappa shape index (κ2) is 8.65. The monoisotopic (exact) mass is 262 g/mol. The zero-order chi connectivity index (χ0) is 13.3. The van der Waals surface area contributed by atoms with Crippen LogP contribution in [0.25, 0.3) is 0 Å². The third kappa shape index (κ3) is 8.33. The van der Waals surface area contributed by atoms with Crippen LogP contribution in [-0.2, 0) is 18.1 Å². The lowest BCUT2D eigenvalue weighted by Crippen LogP contribution is -1.98. The fourth-order valence-electron chi connectivity index (χ4n) is 1.17. The molecule has 0 unspecified atom stereocenters. The van der Waals surface area contributed by atoms with E-state index in [4.69, 9.17) is 4.52 Å². The molecule has 0 rings (SSSR count). The lowest BCUT2D eigenvalue weighted by atomic mass is 10.1. The molecule has 0 aromatic carbocycles. The molecule has 0 aliphatic heterocycles.